The van der Waals surface area contributed by atoms with Gasteiger partial charge in [0.25, 0.3) is 0 Å². The van der Waals surface area contributed by atoms with Crippen LogP contribution in [0.1, 0.15) is 5.82 Å². The van der Waals surface area contributed by atoms with Crippen LogP contribution in [0.4, 0.5) is 0 Å². The summed E-state index contributed by atoms with van der Waals surface area (Å²) in [6, 6.07) is 7.57. The molecule has 1 aromatic carbocycles. The molecule has 6 heteroatoms. The van der Waals surface area contributed by atoms with Gasteiger partial charge in [-0.3, -0.25) is 4.68 Å². The lowest BCUT2D eigenvalue weighted by atomic mass is 10.3. The van der Waals surface area contributed by atoms with Crippen molar-refractivity contribution >= 4 is 0 Å². The number of methoxy groups -OCH3 is 1. The molecular formula is C14H20N4O2. The van der Waals surface area contributed by atoms with Gasteiger partial charge < -0.3 is 14.8 Å². The van der Waals surface area contributed by atoms with E-state index in [0.717, 1.165) is 36.8 Å². The van der Waals surface area contributed by atoms with E-state index in [-0.39, 0.29) is 0 Å². The highest BCUT2D eigenvalue weighted by Gasteiger charge is 1.98. The van der Waals surface area contributed by atoms with Gasteiger partial charge in [0.05, 0.1) is 7.11 Å². The molecule has 0 aliphatic rings. The molecule has 2 rings (SSSR count). The average Bonchev–Trinajstić information content (AvgIpc) is 2.89. The quantitative estimate of drug-likeness (QED) is 0.730. The molecule has 0 atom stereocenters. The molecule has 6 nitrogen and oxygen atoms in total. The summed E-state index contributed by atoms with van der Waals surface area (Å²) in [6.07, 6.45) is 2.53. The van der Waals surface area contributed by atoms with E-state index in [4.69, 9.17) is 9.47 Å². The summed E-state index contributed by atoms with van der Waals surface area (Å²) in [5.74, 6) is 2.54. The van der Waals surface area contributed by atoms with Crippen LogP contribution in [0.5, 0.6) is 11.5 Å². The summed E-state index contributed by atoms with van der Waals surface area (Å²) >= 11 is 0. The molecule has 0 saturated carbocycles. The number of nitrogens with one attached hydrogen (secondary N) is 1. The summed E-state index contributed by atoms with van der Waals surface area (Å²) < 4.78 is 12.4. The molecule has 0 saturated heterocycles. The van der Waals surface area contributed by atoms with Gasteiger partial charge in [-0.15, -0.1) is 0 Å². The first kappa shape index (κ1) is 14.3. The van der Waals surface area contributed by atoms with Gasteiger partial charge in [-0.05, 0) is 24.3 Å². The van der Waals surface area contributed by atoms with Crippen LogP contribution < -0.4 is 14.8 Å². The first-order valence-corrected chi connectivity index (χ1v) is 6.60. The van der Waals surface area contributed by atoms with Crippen LogP contribution in [0.25, 0.3) is 0 Å². The maximum atomic E-state index is 5.61. The molecule has 0 unspecified atom stereocenters. The number of rotatable bonds is 8. The fraction of sp³-hybridized carbons (Fsp3) is 0.429. The van der Waals surface area contributed by atoms with E-state index >= 15 is 0 Å². The molecule has 1 N–H and O–H groups in total. The number of hydrogen-bond donors (Lipinski definition) is 1. The van der Waals surface area contributed by atoms with Crippen LogP contribution in [-0.4, -0.2) is 41.6 Å². The fourth-order valence-corrected chi connectivity index (χ4v) is 1.74. The lowest BCUT2D eigenvalue weighted by Crippen LogP contribution is -2.23. The van der Waals surface area contributed by atoms with Crippen molar-refractivity contribution in [1.82, 2.24) is 20.1 Å². The van der Waals surface area contributed by atoms with Gasteiger partial charge >= 0.3 is 0 Å². The SMILES string of the molecule is COc1ccc(OCCNCCc2ncn(C)n2)cc1. The van der Waals surface area contributed by atoms with Gasteiger partial charge in [-0.1, -0.05) is 0 Å². The lowest BCUT2D eigenvalue weighted by Gasteiger charge is -2.07. The molecule has 108 valence electrons. The molecule has 0 fully saturated rings. The van der Waals surface area contributed by atoms with E-state index in [2.05, 4.69) is 15.4 Å². The van der Waals surface area contributed by atoms with Crippen molar-refractivity contribution in [2.24, 2.45) is 7.05 Å². The highest BCUT2D eigenvalue weighted by atomic mass is 16.5. The summed E-state index contributed by atoms with van der Waals surface area (Å²) in [5, 5.41) is 7.51. The predicted octanol–water partition coefficient (Wildman–Crippen LogP) is 1.03. The predicted molar refractivity (Wildman–Crippen MR) is 76.1 cm³/mol. The van der Waals surface area contributed by atoms with Gasteiger partial charge in [-0.25, -0.2) is 4.98 Å². The Kier molecular flexibility index (Phi) is 5.37. The Labute approximate surface area is 118 Å². The Bertz CT molecular complexity index is 510. The van der Waals surface area contributed by atoms with E-state index in [0.29, 0.717) is 6.61 Å². The molecule has 1 aromatic heterocycles. The number of hydrogen-bond acceptors (Lipinski definition) is 5. The minimum atomic E-state index is 0.627. The van der Waals surface area contributed by atoms with E-state index in [1.807, 2.05) is 31.3 Å². The molecule has 0 amide bonds. The molecule has 2 aromatic rings. The maximum absolute atomic E-state index is 5.61. The average molecular weight is 276 g/mol. The monoisotopic (exact) mass is 276 g/mol. The smallest absolute Gasteiger partial charge is 0.151 e. The first-order chi connectivity index (χ1) is 9.78. The number of aromatic nitrogens is 3. The highest BCUT2D eigenvalue weighted by molar-refractivity contribution is 5.31. The zero-order valence-electron chi connectivity index (χ0n) is 11.9. The van der Waals surface area contributed by atoms with Crippen molar-refractivity contribution in [2.75, 3.05) is 26.8 Å². The van der Waals surface area contributed by atoms with Crippen molar-refractivity contribution < 1.29 is 9.47 Å². The molecule has 20 heavy (non-hydrogen) atoms. The second-order valence-corrected chi connectivity index (χ2v) is 4.36. The largest absolute Gasteiger partial charge is 0.497 e. The Balaban J connectivity index is 1.57. The van der Waals surface area contributed by atoms with Crippen LogP contribution >= 0.6 is 0 Å². The molecule has 0 bridgehead atoms. The van der Waals surface area contributed by atoms with E-state index in [1.165, 1.54) is 0 Å². The van der Waals surface area contributed by atoms with Crippen LogP contribution in [0.15, 0.2) is 30.6 Å². The number of benzene rings is 1. The van der Waals surface area contributed by atoms with Crippen LogP contribution in [0.3, 0.4) is 0 Å². The van der Waals surface area contributed by atoms with Crippen LogP contribution in [-0.2, 0) is 13.5 Å². The molecule has 0 aliphatic heterocycles. The van der Waals surface area contributed by atoms with Crippen LogP contribution in [0.2, 0.25) is 0 Å². The second kappa shape index (κ2) is 7.49. The zero-order valence-corrected chi connectivity index (χ0v) is 11.9. The maximum Gasteiger partial charge on any atom is 0.151 e. The zero-order chi connectivity index (χ0) is 14.2. The van der Waals surface area contributed by atoms with Gasteiger partial charge in [-0.2, -0.15) is 5.10 Å². The summed E-state index contributed by atoms with van der Waals surface area (Å²) in [5.41, 5.74) is 0. The van der Waals surface area contributed by atoms with E-state index in [9.17, 15) is 0 Å². The normalized spacial score (nSPS) is 10.5. The lowest BCUT2D eigenvalue weighted by molar-refractivity contribution is 0.313. The van der Waals surface area contributed by atoms with Gasteiger partial charge in [0.2, 0.25) is 0 Å². The Morgan fingerprint density at radius 2 is 1.90 bits per heavy atom. The standard InChI is InChI=1S/C14H20N4O2/c1-18-11-16-14(17-18)7-8-15-9-10-20-13-5-3-12(19-2)4-6-13/h3-6,11,15H,7-10H2,1-2H3. The third-order valence-electron chi connectivity index (χ3n) is 2.78. The Hall–Kier alpha value is -2.08. The van der Waals surface area contributed by atoms with Crippen molar-refractivity contribution in [3.8, 4) is 11.5 Å². The number of ether oxygens (including phenoxy) is 2. The topological polar surface area (TPSA) is 61.2 Å². The van der Waals surface area contributed by atoms with Gasteiger partial charge in [0.15, 0.2) is 5.82 Å². The summed E-state index contributed by atoms with van der Waals surface area (Å²) in [6.45, 7) is 2.26. The third kappa shape index (κ3) is 4.55. The molecular weight excluding hydrogens is 256 g/mol. The van der Waals surface area contributed by atoms with Crippen molar-refractivity contribution in [3.63, 3.8) is 0 Å². The molecule has 1 heterocycles. The second-order valence-electron chi connectivity index (χ2n) is 4.36. The van der Waals surface area contributed by atoms with Crippen molar-refractivity contribution in [1.29, 1.82) is 0 Å². The Morgan fingerprint density at radius 1 is 1.15 bits per heavy atom. The molecule has 0 aliphatic carbocycles. The third-order valence-corrected chi connectivity index (χ3v) is 2.78. The van der Waals surface area contributed by atoms with E-state index < -0.39 is 0 Å². The van der Waals surface area contributed by atoms with E-state index in [1.54, 1.807) is 18.1 Å². The van der Waals surface area contributed by atoms with Gasteiger partial charge in [0.1, 0.15) is 24.4 Å². The minimum absolute atomic E-state index is 0.627. The van der Waals surface area contributed by atoms with Gasteiger partial charge in [0, 0.05) is 26.6 Å². The van der Waals surface area contributed by atoms with Crippen LogP contribution in [0, 0.1) is 0 Å². The number of nitrogens with zero attached hydrogens (tertiary/aromatic N) is 3. The summed E-state index contributed by atoms with van der Waals surface area (Å²) in [4.78, 5) is 4.17. The fourth-order valence-electron chi connectivity index (χ4n) is 1.74. The Morgan fingerprint density at radius 3 is 2.55 bits per heavy atom. The molecule has 0 radical (unpaired) electrons. The summed E-state index contributed by atoms with van der Waals surface area (Å²) in [7, 11) is 3.52. The first-order valence-electron chi connectivity index (χ1n) is 6.60. The van der Waals surface area contributed by atoms with Crippen molar-refractivity contribution in [2.45, 2.75) is 6.42 Å². The van der Waals surface area contributed by atoms with Crippen molar-refractivity contribution in [3.05, 3.63) is 36.4 Å². The molecule has 0 spiro atoms. The minimum Gasteiger partial charge on any atom is -0.497 e. The highest BCUT2D eigenvalue weighted by Crippen LogP contribution is 2.16. The number of aryl methyl sites for hydroxylation is 1.